The van der Waals surface area contributed by atoms with E-state index in [1.165, 1.54) is 5.56 Å². The molecular formula is C13H14N2. The van der Waals surface area contributed by atoms with E-state index in [4.69, 9.17) is 5.73 Å². The van der Waals surface area contributed by atoms with Crippen LogP contribution in [0, 0.1) is 6.92 Å². The zero-order chi connectivity index (χ0) is 10.7. The number of aryl methyl sites for hydroxylation is 1. The highest BCUT2D eigenvalue weighted by molar-refractivity contribution is 5.30. The van der Waals surface area contributed by atoms with Crippen LogP contribution in [0.3, 0.4) is 0 Å². The van der Waals surface area contributed by atoms with E-state index < -0.39 is 0 Å². The van der Waals surface area contributed by atoms with Crippen molar-refractivity contribution in [2.75, 3.05) is 0 Å². The SMILES string of the molecule is Cc1cccc([C@@H](N)c2ccccn2)c1. The first-order chi connectivity index (χ1) is 7.27. The molecule has 15 heavy (non-hydrogen) atoms. The van der Waals surface area contributed by atoms with Crippen molar-refractivity contribution in [2.45, 2.75) is 13.0 Å². The van der Waals surface area contributed by atoms with E-state index in [-0.39, 0.29) is 6.04 Å². The van der Waals surface area contributed by atoms with Crippen LogP contribution >= 0.6 is 0 Å². The first kappa shape index (κ1) is 9.87. The van der Waals surface area contributed by atoms with Crippen molar-refractivity contribution in [1.29, 1.82) is 0 Å². The van der Waals surface area contributed by atoms with E-state index in [0.29, 0.717) is 0 Å². The molecule has 0 saturated carbocycles. The first-order valence-electron chi connectivity index (χ1n) is 5.00. The molecule has 0 fully saturated rings. The largest absolute Gasteiger partial charge is 0.319 e. The molecule has 2 rings (SSSR count). The summed E-state index contributed by atoms with van der Waals surface area (Å²) < 4.78 is 0. The fourth-order valence-electron chi connectivity index (χ4n) is 1.59. The summed E-state index contributed by atoms with van der Waals surface area (Å²) in [7, 11) is 0. The van der Waals surface area contributed by atoms with E-state index >= 15 is 0 Å². The summed E-state index contributed by atoms with van der Waals surface area (Å²) in [6, 6.07) is 13.9. The molecule has 0 spiro atoms. The molecule has 1 atom stereocenters. The Balaban J connectivity index is 2.32. The summed E-state index contributed by atoms with van der Waals surface area (Å²) in [5.74, 6) is 0. The molecule has 2 aromatic rings. The van der Waals surface area contributed by atoms with Gasteiger partial charge in [0.15, 0.2) is 0 Å². The first-order valence-corrected chi connectivity index (χ1v) is 5.00. The number of pyridine rings is 1. The van der Waals surface area contributed by atoms with Crippen molar-refractivity contribution in [1.82, 2.24) is 4.98 Å². The number of aromatic nitrogens is 1. The molecule has 0 amide bonds. The third kappa shape index (κ3) is 2.22. The maximum atomic E-state index is 6.12. The number of hydrogen-bond donors (Lipinski definition) is 1. The second-order valence-corrected chi connectivity index (χ2v) is 3.65. The van der Waals surface area contributed by atoms with Gasteiger partial charge in [0.1, 0.15) is 0 Å². The van der Waals surface area contributed by atoms with Gasteiger partial charge >= 0.3 is 0 Å². The predicted octanol–water partition coefficient (Wildman–Crippen LogP) is 2.44. The monoisotopic (exact) mass is 198 g/mol. The minimum atomic E-state index is -0.133. The molecule has 2 heteroatoms. The van der Waals surface area contributed by atoms with Crippen molar-refractivity contribution in [2.24, 2.45) is 5.73 Å². The van der Waals surface area contributed by atoms with Gasteiger partial charge in [-0.2, -0.15) is 0 Å². The molecule has 2 N–H and O–H groups in total. The molecule has 2 nitrogen and oxygen atoms in total. The van der Waals surface area contributed by atoms with Crippen LogP contribution in [0.1, 0.15) is 22.9 Å². The molecule has 0 bridgehead atoms. The van der Waals surface area contributed by atoms with Crippen LogP contribution in [0.2, 0.25) is 0 Å². The van der Waals surface area contributed by atoms with Crippen LogP contribution in [-0.2, 0) is 0 Å². The normalized spacial score (nSPS) is 12.4. The Morgan fingerprint density at radius 3 is 2.67 bits per heavy atom. The minimum Gasteiger partial charge on any atom is -0.319 e. The lowest BCUT2D eigenvalue weighted by atomic mass is 10.0. The highest BCUT2D eigenvalue weighted by atomic mass is 14.8. The Morgan fingerprint density at radius 2 is 2.00 bits per heavy atom. The van der Waals surface area contributed by atoms with Gasteiger partial charge in [0.25, 0.3) is 0 Å². The highest BCUT2D eigenvalue weighted by Gasteiger charge is 2.08. The van der Waals surface area contributed by atoms with Crippen molar-refractivity contribution in [3.63, 3.8) is 0 Å². The fraction of sp³-hybridized carbons (Fsp3) is 0.154. The van der Waals surface area contributed by atoms with Crippen molar-refractivity contribution < 1.29 is 0 Å². The van der Waals surface area contributed by atoms with Crippen LogP contribution in [0.15, 0.2) is 48.7 Å². The summed E-state index contributed by atoms with van der Waals surface area (Å²) >= 11 is 0. The predicted molar refractivity (Wildman–Crippen MR) is 61.4 cm³/mol. The van der Waals surface area contributed by atoms with Crippen LogP contribution in [-0.4, -0.2) is 4.98 Å². The molecular weight excluding hydrogens is 184 g/mol. The van der Waals surface area contributed by atoms with Crippen molar-refractivity contribution >= 4 is 0 Å². The molecule has 0 unspecified atom stereocenters. The van der Waals surface area contributed by atoms with Crippen molar-refractivity contribution in [3.05, 3.63) is 65.5 Å². The standard InChI is InChI=1S/C13H14N2/c1-10-5-4-6-11(9-10)13(14)12-7-2-3-8-15-12/h2-9,13H,14H2,1H3/t13-/m1/s1. The average molecular weight is 198 g/mol. The lowest BCUT2D eigenvalue weighted by Crippen LogP contribution is -2.13. The van der Waals surface area contributed by atoms with Crippen LogP contribution < -0.4 is 5.73 Å². The Labute approximate surface area is 89.8 Å². The molecule has 1 aromatic carbocycles. The number of nitrogens with two attached hydrogens (primary N) is 1. The number of rotatable bonds is 2. The van der Waals surface area contributed by atoms with Crippen LogP contribution in [0.25, 0.3) is 0 Å². The van der Waals surface area contributed by atoms with E-state index in [0.717, 1.165) is 11.3 Å². The summed E-state index contributed by atoms with van der Waals surface area (Å²) in [4.78, 5) is 4.26. The lowest BCUT2D eigenvalue weighted by molar-refractivity contribution is 0.827. The Hall–Kier alpha value is -1.67. The smallest absolute Gasteiger partial charge is 0.0726 e. The van der Waals surface area contributed by atoms with Gasteiger partial charge in [-0.3, -0.25) is 4.98 Å². The molecule has 0 saturated heterocycles. The van der Waals surface area contributed by atoms with E-state index in [1.54, 1.807) is 6.20 Å². The third-order valence-corrected chi connectivity index (χ3v) is 2.41. The topological polar surface area (TPSA) is 38.9 Å². The zero-order valence-corrected chi connectivity index (χ0v) is 8.72. The molecule has 1 aromatic heterocycles. The Morgan fingerprint density at radius 1 is 1.13 bits per heavy atom. The van der Waals surface area contributed by atoms with Gasteiger partial charge in [-0.05, 0) is 24.6 Å². The fourth-order valence-corrected chi connectivity index (χ4v) is 1.59. The lowest BCUT2D eigenvalue weighted by Gasteiger charge is -2.11. The van der Waals surface area contributed by atoms with Gasteiger partial charge < -0.3 is 5.73 Å². The molecule has 0 aliphatic heterocycles. The van der Waals surface area contributed by atoms with Crippen molar-refractivity contribution in [3.8, 4) is 0 Å². The maximum absolute atomic E-state index is 6.12. The third-order valence-electron chi connectivity index (χ3n) is 2.41. The van der Waals surface area contributed by atoms with E-state index in [9.17, 15) is 0 Å². The Bertz CT molecular complexity index is 437. The maximum Gasteiger partial charge on any atom is 0.0726 e. The van der Waals surface area contributed by atoms with Gasteiger partial charge in [0.05, 0.1) is 11.7 Å². The van der Waals surface area contributed by atoms with Crippen LogP contribution in [0.4, 0.5) is 0 Å². The van der Waals surface area contributed by atoms with Gasteiger partial charge in [0.2, 0.25) is 0 Å². The second kappa shape index (κ2) is 4.24. The van der Waals surface area contributed by atoms with E-state index in [1.807, 2.05) is 30.3 Å². The van der Waals surface area contributed by atoms with Gasteiger partial charge in [-0.15, -0.1) is 0 Å². The summed E-state index contributed by atoms with van der Waals surface area (Å²) in [6.07, 6.45) is 1.77. The van der Waals surface area contributed by atoms with E-state index in [2.05, 4.69) is 24.0 Å². The minimum absolute atomic E-state index is 0.133. The van der Waals surface area contributed by atoms with Gasteiger partial charge in [-0.1, -0.05) is 35.9 Å². The number of nitrogens with zero attached hydrogens (tertiary/aromatic N) is 1. The molecule has 1 heterocycles. The zero-order valence-electron chi connectivity index (χ0n) is 8.72. The van der Waals surface area contributed by atoms with Crippen LogP contribution in [0.5, 0.6) is 0 Å². The number of benzene rings is 1. The quantitative estimate of drug-likeness (QED) is 0.805. The second-order valence-electron chi connectivity index (χ2n) is 3.65. The molecule has 76 valence electrons. The van der Waals surface area contributed by atoms with Gasteiger partial charge in [-0.25, -0.2) is 0 Å². The summed E-state index contributed by atoms with van der Waals surface area (Å²) in [6.45, 7) is 2.06. The highest BCUT2D eigenvalue weighted by Crippen LogP contribution is 2.17. The van der Waals surface area contributed by atoms with Gasteiger partial charge in [0, 0.05) is 6.20 Å². The summed E-state index contributed by atoms with van der Waals surface area (Å²) in [5, 5.41) is 0. The average Bonchev–Trinajstić information content (AvgIpc) is 2.29. The molecule has 0 aliphatic rings. The Kier molecular flexibility index (Phi) is 2.79. The molecule has 0 radical (unpaired) electrons. The molecule has 0 aliphatic carbocycles. The summed E-state index contributed by atoms with van der Waals surface area (Å²) in [5.41, 5.74) is 9.35. The number of hydrogen-bond acceptors (Lipinski definition) is 2.